The first kappa shape index (κ1) is 23.8. The van der Waals surface area contributed by atoms with Crippen LogP contribution in [0.2, 0.25) is 0 Å². The third kappa shape index (κ3) is 3.56. The molecule has 6 nitrogen and oxygen atoms in total. The van der Waals surface area contributed by atoms with Gasteiger partial charge < -0.3 is 14.2 Å². The highest BCUT2D eigenvalue weighted by molar-refractivity contribution is 8.18. The van der Waals surface area contributed by atoms with Gasteiger partial charge in [-0.25, -0.2) is 9.67 Å². The van der Waals surface area contributed by atoms with Crippen molar-refractivity contribution < 1.29 is 9.26 Å². The van der Waals surface area contributed by atoms with Crippen LogP contribution in [0, 0.1) is 6.92 Å². The summed E-state index contributed by atoms with van der Waals surface area (Å²) in [6.07, 6.45) is 1.36. The molecular weight excluding hydrogens is 487 g/mol. The fourth-order valence-electron chi connectivity index (χ4n) is 5.79. The van der Waals surface area contributed by atoms with Gasteiger partial charge in [-0.2, -0.15) is 5.10 Å². The van der Waals surface area contributed by atoms with Crippen molar-refractivity contribution in [2.45, 2.75) is 45.1 Å². The monoisotopic (exact) mass is 518 g/mol. The lowest BCUT2D eigenvalue weighted by Crippen LogP contribution is -2.29. The van der Waals surface area contributed by atoms with Gasteiger partial charge in [-0.3, -0.25) is 0 Å². The van der Waals surface area contributed by atoms with Gasteiger partial charge in [0.25, 0.3) is 0 Å². The zero-order valence-corrected chi connectivity index (χ0v) is 22.9. The molecule has 0 unspecified atom stereocenters. The van der Waals surface area contributed by atoms with Crippen LogP contribution in [0.5, 0.6) is 0 Å². The average molecular weight is 519 g/mol. The number of hydrogen-bond donors (Lipinski definition) is 0. The Kier molecular flexibility index (Phi) is 5.80. The van der Waals surface area contributed by atoms with Crippen LogP contribution in [0.25, 0.3) is 5.69 Å². The van der Waals surface area contributed by atoms with Gasteiger partial charge in [-0.05, 0) is 43.5 Å². The van der Waals surface area contributed by atoms with E-state index in [0.717, 1.165) is 53.0 Å². The molecule has 6 rings (SSSR count). The second-order valence-electron chi connectivity index (χ2n) is 10.2. The molecule has 3 aliphatic rings. The normalized spacial score (nSPS) is 26.3. The molecule has 0 N–H and O–H groups in total. The Labute approximate surface area is 217 Å². The van der Waals surface area contributed by atoms with Crippen LogP contribution in [0.4, 0.5) is 11.5 Å². The average Bonchev–Trinajstić information content (AvgIpc) is 3.57. The van der Waals surface area contributed by atoms with Gasteiger partial charge in [0.05, 0.1) is 34.7 Å². The van der Waals surface area contributed by atoms with Crippen molar-refractivity contribution in [1.29, 1.82) is 0 Å². The summed E-state index contributed by atoms with van der Waals surface area (Å²) in [6.45, 7) is 7.82. The Balaban J connectivity index is 1.56. The lowest BCUT2D eigenvalue weighted by atomic mass is 9.84. The minimum Gasteiger partial charge on any atom is -0.376 e. The molecule has 0 saturated carbocycles. The third-order valence-corrected chi connectivity index (χ3v) is 11.5. The summed E-state index contributed by atoms with van der Waals surface area (Å²) in [4.78, 5) is 7.27. The highest BCUT2D eigenvalue weighted by Crippen LogP contribution is 2.63. The van der Waals surface area contributed by atoms with E-state index in [2.05, 4.69) is 50.1 Å². The number of fused-ring (bicyclic) bond motifs is 2. The topological polar surface area (TPSA) is 51.9 Å². The molecule has 3 aliphatic heterocycles. The fraction of sp³-hybridized carbons (Fsp3) is 0.357. The summed E-state index contributed by atoms with van der Waals surface area (Å²) in [7, 11) is 2.12. The third-order valence-electron chi connectivity index (χ3n) is 7.50. The standard InChI is InChI=1S/C28H31N4O2PS/c1-19-25-27(32(30-19)20-11-6-5-7-12-20)29-17-24(35(25,36)34-18-21-13-10-16-33-21)26-28(2,3)22-14-8-9-15-23(22)31(26)4/h5-9,11-12,14-15,17,21H,10,13,16,18H2,1-4H3/b26-24-/t21-,35+/m0/s1. The smallest absolute Gasteiger partial charge is 0.166 e. The van der Waals surface area contributed by atoms with E-state index in [9.17, 15) is 0 Å². The molecule has 3 aromatic rings. The summed E-state index contributed by atoms with van der Waals surface area (Å²) in [5.41, 5.74) is 5.22. The largest absolute Gasteiger partial charge is 0.376 e. The maximum atomic E-state index is 6.85. The van der Waals surface area contributed by atoms with Crippen LogP contribution in [0.15, 0.2) is 70.6 Å². The number of anilines is 1. The van der Waals surface area contributed by atoms with Gasteiger partial charge in [0.15, 0.2) is 5.82 Å². The van der Waals surface area contributed by atoms with Crippen LogP contribution in [-0.4, -0.2) is 42.4 Å². The molecule has 2 atom stereocenters. The predicted molar refractivity (Wildman–Crippen MR) is 150 cm³/mol. The Bertz CT molecular complexity index is 1440. The van der Waals surface area contributed by atoms with Gasteiger partial charge in [0.2, 0.25) is 0 Å². The number of allylic oxidation sites excluding steroid dienone is 2. The first-order valence-electron chi connectivity index (χ1n) is 12.5. The van der Waals surface area contributed by atoms with Gasteiger partial charge in [-0.1, -0.05) is 62.1 Å². The van der Waals surface area contributed by atoms with Crippen molar-refractivity contribution in [1.82, 2.24) is 9.78 Å². The molecule has 0 spiro atoms. The first-order chi connectivity index (χ1) is 17.3. The number of ether oxygens (including phenoxy) is 1. The van der Waals surface area contributed by atoms with Gasteiger partial charge >= 0.3 is 0 Å². The number of hydrogen-bond acceptors (Lipinski definition) is 6. The highest BCUT2D eigenvalue weighted by Gasteiger charge is 2.46. The second kappa shape index (κ2) is 8.77. The Morgan fingerprint density at radius 2 is 1.89 bits per heavy atom. The molecular formula is C28H31N4O2PS. The van der Waals surface area contributed by atoms with E-state index in [1.165, 1.54) is 11.3 Å². The molecule has 1 saturated heterocycles. The van der Waals surface area contributed by atoms with Crippen molar-refractivity contribution in [2.75, 3.05) is 25.2 Å². The minimum atomic E-state index is -2.74. The molecule has 0 aliphatic carbocycles. The van der Waals surface area contributed by atoms with Gasteiger partial charge in [0, 0.05) is 36.7 Å². The minimum absolute atomic E-state index is 0.0781. The van der Waals surface area contributed by atoms with Crippen molar-refractivity contribution in [3.05, 3.63) is 76.9 Å². The maximum absolute atomic E-state index is 6.85. The molecule has 36 heavy (non-hydrogen) atoms. The highest BCUT2D eigenvalue weighted by atomic mass is 32.4. The summed E-state index contributed by atoms with van der Waals surface area (Å²) in [6, 6.07) is 18.7. The zero-order valence-electron chi connectivity index (χ0n) is 21.1. The summed E-state index contributed by atoms with van der Waals surface area (Å²) in [5.74, 6) is 0.773. The molecule has 4 heterocycles. The number of rotatable bonds is 4. The van der Waals surface area contributed by atoms with E-state index in [4.69, 9.17) is 31.2 Å². The fourth-order valence-corrected chi connectivity index (χ4v) is 9.70. The molecule has 1 aromatic heterocycles. The Hall–Kier alpha value is -2.57. The first-order valence-corrected chi connectivity index (χ1v) is 15.2. The molecule has 0 radical (unpaired) electrons. The second-order valence-corrected chi connectivity index (χ2v) is 14.0. The van der Waals surface area contributed by atoms with E-state index >= 15 is 0 Å². The molecule has 0 bridgehead atoms. The number of para-hydroxylation sites is 2. The lowest BCUT2D eigenvalue weighted by molar-refractivity contribution is 0.0728. The number of aromatic nitrogens is 2. The van der Waals surface area contributed by atoms with Gasteiger partial charge in [-0.15, -0.1) is 0 Å². The van der Waals surface area contributed by atoms with Crippen molar-refractivity contribution in [3.63, 3.8) is 0 Å². The van der Waals surface area contributed by atoms with E-state index in [1.807, 2.05) is 48.2 Å². The molecule has 8 heteroatoms. The number of nitrogens with zero attached hydrogens (tertiary/aromatic N) is 4. The quantitative estimate of drug-likeness (QED) is 0.412. The predicted octanol–water partition coefficient (Wildman–Crippen LogP) is 5.75. The maximum Gasteiger partial charge on any atom is 0.166 e. The zero-order chi connectivity index (χ0) is 25.1. The Morgan fingerprint density at radius 1 is 1.14 bits per heavy atom. The molecule has 0 amide bonds. The number of likely N-dealkylation sites (N-methyl/N-ethyl adjacent to an activating group) is 1. The van der Waals surface area contributed by atoms with Crippen LogP contribution in [0.1, 0.15) is 37.9 Å². The van der Waals surface area contributed by atoms with Crippen LogP contribution >= 0.6 is 6.26 Å². The Morgan fingerprint density at radius 3 is 2.61 bits per heavy atom. The summed E-state index contributed by atoms with van der Waals surface area (Å²) >= 11 is 6.62. The SMILES string of the molecule is Cc1nn(-c2ccccc2)c2c1[P@@](=S)(OC[C@@H]1CCCO1)/C(=C1\N(C)c3ccccc3C1(C)C)C=N2. The van der Waals surface area contributed by atoms with E-state index in [1.54, 1.807) is 0 Å². The van der Waals surface area contributed by atoms with E-state index in [-0.39, 0.29) is 11.5 Å². The van der Waals surface area contributed by atoms with Crippen molar-refractivity contribution >= 4 is 41.1 Å². The van der Waals surface area contributed by atoms with Crippen LogP contribution in [-0.2, 0) is 26.5 Å². The summed E-state index contributed by atoms with van der Waals surface area (Å²) in [5, 5.41) is 6.86. The number of aryl methyl sites for hydroxylation is 1. The lowest BCUT2D eigenvalue weighted by Gasteiger charge is -2.34. The van der Waals surface area contributed by atoms with Crippen LogP contribution < -0.4 is 10.2 Å². The van der Waals surface area contributed by atoms with Crippen LogP contribution in [0.3, 0.4) is 0 Å². The van der Waals surface area contributed by atoms with Crippen molar-refractivity contribution in [2.24, 2.45) is 4.99 Å². The van der Waals surface area contributed by atoms with E-state index in [0.29, 0.717) is 6.61 Å². The molecule has 1 fully saturated rings. The number of aliphatic imine (C=N–C) groups is 1. The van der Waals surface area contributed by atoms with E-state index < -0.39 is 6.26 Å². The van der Waals surface area contributed by atoms with Crippen molar-refractivity contribution in [3.8, 4) is 5.69 Å². The molecule has 186 valence electrons. The molecule has 2 aromatic carbocycles. The summed E-state index contributed by atoms with van der Waals surface area (Å²) < 4.78 is 14.7. The number of benzene rings is 2. The van der Waals surface area contributed by atoms with Gasteiger partial charge in [0.1, 0.15) is 6.26 Å².